The van der Waals surface area contributed by atoms with Gasteiger partial charge in [-0.25, -0.2) is 5.43 Å². The number of hydrazone groups is 1. The Bertz CT molecular complexity index is 743. The zero-order valence-electron chi connectivity index (χ0n) is 13.5. The third kappa shape index (κ3) is 5.25. The highest BCUT2D eigenvalue weighted by atomic mass is 35.5. The number of nitrogens with one attached hydrogen (secondary N) is 1. The van der Waals surface area contributed by atoms with Gasteiger partial charge < -0.3 is 4.74 Å². The molecule has 6 heteroatoms. The molecule has 0 radical (unpaired) electrons. The van der Waals surface area contributed by atoms with Gasteiger partial charge in [0, 0.05) is 5.02 Å². The van der Waals surface area contributed by atoms with Crippen LogP contribution < -0.4 is 10.2 Å². The van der Waals surface area contributed by atoms with E-state index in [0.29, 0.717) is 22.2 Å². The lowest BCUT2D eigenvalue weighted by Crippen LogP contribution is -2.26. The second kappa shape index (κ2) is 8.71. The van der Waals surface area contributed by atoms with E-state index >= 15 is 0 Å². The number of carbonyl (C=O) groups excluding carboxylic acids is 1. The minimum absolute atomic E-state index is 0.185. The molecule has 2 rings (SSSR count). The fraction of sp³-hybridized carbons (Fsp3) is 0.222. The standard InChI is InChI=1S/C18H18Cl2N2O2/c1-3-16(13-6-4-12(2)5-7-13)21-22-18(23)11-24-17-9-8-14(19)10-15(17)20/h4-10H,3,11H2,1-2H3,(H,22,23)/b21-16-. The van der Waals surface area contributed by atoms with Crippen LogP contribution in [0, 0.1) is 6.92 Å². The molecule has 0 aliphatic carbocycles. The zero-order valence-corrected chi connectivity index (χ0v) is 15.0. The van der Waals surface area contributed by atoms with Gasteiger partial charge in [-0.3, -0.25) is 4.79 Å². The summed E-state index contributed by atoms with van der Waals surface area (Å²) in [7, 11) is 0. The van der Waals surface area contributed by atoms with Crippen LogP contribution in [0.25, 0.3) is 0 Å². The number of rotatable bonds is 6. The maximum absolute atomic E-state index is 11.9. The molecule has 0 unspecified atom stereocenters. The molecule has 4 nitrogen and oxygen atoms in total. The van der Waals surface area contributed by atoms with Crippen molar-refractivity contribution in [2.45, 2.75) is 20.3 Å². The Morgan fingerprint density at radius 1 is 1.17 bits per heavy atom. The van der Waals surface area contributed by atoms with Crippen molar-refractivity contribution < 1.29 is 9.53 Å². The second-order valence-corrected chi connectivity index (χ2v) is 6.02. The second-order valence-electron chi connectivity index (χ2n) is 5.18. The highest BCUT2D eigenvalue weighted by Crippen LogP contribution is 2.27. The maximum atomic E-state index is 11.9. The van der Waals surface area contributed by atoms with Crippen molar-refractivity contribution in [3.63, 3.8) is 0 Å². The highest BCUT2D eigenvalue weighted by molar-refractivity contribution is 6.35. The zero-order chi connectivity index (χ0) is 17.5. The lowest BCUT2D eigenvalue weighted by atomic mass is 10.1. The Morgan fingerprint density at radius 3 is 2.50 bits per heavy atom. The molecule has 0 aromatic heterocycles. The van der Waals surface area contributed by atoms with Gasteiger partial charge in [-0.2, -0.15) is 5.10 Å². The predicted octanol–water partition coefficient (Wildman–Crippen LogP) is 4.61. The summed E-state index contributed by atoms with van der Waals surface area (Å²) in [6.07, 6.45) is 0.702. The third-order valence-corrected chi connectivity index (χ3v) is 3.82. The SMILES string of the molecule is CC/C(=N/NC(=O)COc1ccc(Cl)cc1Cl)c1ccc(C)cc1. The first-order valence-electron chi connectivity index (χ1n) is 7.50. The summed E-state index contributed by atoms with van der Waals surface area (Å²) < 4.78 is 5.37. The number of ether oxygens (including phenoxy) is 1. The molecule has 0 bridgehead atoms. The largest absolute Gasteiger partial charge is 0.482 e. The van der Waals surface area contributed by atoms with Crippen LogP contribution in [0.2, 0.25) is 10.0 Å². The van der Waals surface area contributed by atoms with Gasteiger partial charge in [0.05, 0.1) is 10.7 Å². The van der Waals surface area contributed by atoms with E-state index in [1.54, 1.807) is 18.2 Å². The normalized spacial score (nSPS) is 11.2. The fourth-order valence-electron chi connectivity index (χ4n) is 1.99. The van der Waals surface area contributed by atoms with Crippen molar-refractivity contribution in [2.24, 2.45) is 5.10 Å². The van der Waals surface area contributed by atoms with Gasteiger partial charge in [0.2, 0.25) is 0 Å². The molecule has 2 aromatic carbocycles. The molecular weight excluding hydrogens is 347 g/mol. The number of amides is 1. The van der Waals surface area contributed by atoms with Gasteiger partial charge >= 0.3 is 0 Å². The molecule has 126 valence electrons. The minimum Gasteiger partial charge on any atom is -0.482 e. The molecule has 0 saturated heterocycles. The van der Waals surface area contributed by atoms with Crippen molar-refractivity contribution in [3.05, 3.63) is 63.6 Å². The Morgan fingerprint density at radius 2 is 1.88 bits per heavy atom. The van der Waals surface area contributed by atoms with Crippen LogP contribution in [-0.2, 0) is 4.79 Å². The predicted molar refractivity (Wildman–Crippen MR) is 98.1 cm³/mol. The van der Waals surface area contributed by atoms with Crippen LogP contribution in [0.4, 0.5) is 0 Å². The number of carbonyl (C=O) groups is 1. The lowest BCUT2D eigenvalue weighted by Gasteiger charge is -2.08. The first-order valence-corrected chi connectivity index (χ1v) is 8.25. The minimum atomic E-state index is -0.362. The number of nitrogens with zero attached hydrogens (tertiary/aromatic N) is 1. The number of halogens is 2. The van der Waals surface area contributed by atoms with E-state index in [1.807, 2.05) is 38.1 Å². The molecule has 2 aromatic rings. The van der Waals surface area contributed by atoms with Crippen molar-refractivity contribution >= 4 is 34.8 Å². The van der Waals surface area contributed by atoms with Gasteiger partial charge in [-0.15, -0.1) is 0 Å². The molecule has 0 saturated carbocycles. The summed E-state index contributed by atoms with van der Waals surface area (Å²) in [6, 6.07) is 12.8. The first-order chi connectivity index (χ1) is 11.5. The van der Waals surface area contributed by atoms with Crippen LogP contribution in [0.15, 0.2) is 47.6 Å². The average molecular weight is 365 g/mol. The smallest absolute Gasteiger partial charge is 0.277 e. The van der Waals surface area contributed by atoms with Gasteiger partial charge in [0.1, 0.15) is 5.75 Å². The van der Waals surface area contributed by atoms with E-state index in [9.17, 15) is 4.79 Å². The summed E-state index contributed by atoms with van der Waals surface area (Å²) in [4.78, 5) is 11.9. The topological polar surface area (TPSA) is 50.7 Å². The number of hydrogen-bond acceptors (Lipinski definition) is 3. The summed E-state index contributed by atoms with van der Waals surface area (Å²) >= 11 is 11.8. The quantitative estimate of drug-likeness (QED) is 0.600. The molecule has 0 aliphatic heterocycles. The van der Waals surface area contributed by atoms with Crippen LogP contribution in [0.1, 0.15) is 24.5 Å². The Kier molecular flexibility index (Phi) is 6.64. The van der Waals surface area contributed by atoms with E-state index < -0.39 is 0 Å². The monoisotopic (exact) mass is 364 g/mol. The fourth-order valence-corrected chi connectivity index (χ4v) is 2.45. The summed E-state index contributed by atoms with van der Waals surface area (Å²) in [5.74, 6) is 0.0357. The summed E-state index contributed by atoms with van der Waals surface area (Å²) in [5.41, 5.74) is 5.45. The molecule has 0 atom stereocenters. The van der Waals surface area contributed by atoms with E-state index in [0.717, 1.165) is 11.3 Å². The molecule has 0 aliphatic rings. The molecule has 1 amide bonds. The van der Waals surface area contributed by atoms with Crippen molar-refractivity contribution in [2.75, 3.05) is 6.61 Å². The third-order valence-electron chi connectivity index (χ3n) is 3.29. The first kappa shape index (κ1) is 18.3. The van der Waals surface area contributed by atoms with E-state index in [4.69, 9.17) is 27.9 Å². The van der Waals surface area contributed by atoms with Crippen molar-refractivity contribution in [1.82, 2.24) is 5.43 Å². The van der Waals surface area contributed by atoms with E-state index in [-0.39, 0.29) is 12.5 Å². The molecule has 1 N–H and O–H groups in total. The Labute approximate surface area is 151 Å². The highest BCUT2D eigenvalue weighted by Gasteiger charge is 2.07. The van der Waals surface area contributed by atoms with Crippen LogP contribution >= 0.6 is 23.2 Å². The summed E-state index contributed by atoms with van der Waals surface area (Å²) in [5, 5.41) is 5.03. The van der Waals surface area contributed by atoms with E-state index in [1.165, 1.54) is 5.56 Å². The van der Waals surface area contributed by atoms with Gasteiger partial charge in [-0.1, -0.05) is 60.0 Å². The van der Waals surface area contributed by atoms with Gasteiger partial charge in [0.15, 0.2) is 6.61 Å². The maximum Gasteiger partial charge on any atom is 0.277 e. The van der Waals surface area contributed by atoms with Gasteiger partial charge in [-0.05, 0) is 37.1 Å². The molecule has 0 fully saturated rings. The van der Waals surface area contributed by atoms with Crippen LogP contribution in [0.3, 0.4) is 0 Å². The van der Waals surface area contributed by atoms with Crippen molar-refractivity contribution in [1.29, 1.82) is 0 Å². The van der Waals surface area contributed by atoms with Crippen LogP contribution in [0.5, 0.6) is 5.75 Å². The molecule has 0 spiro atoms. The van der Waals surface area contributed by atoms with Gasteiger partial charge in [0.25, 0.3) is 5.91 Å². The number of hydrogen-bond donors (Lipinski definition) is 1. The number of aryl methyl sites for hydroxylation is 1. The Balaban J connectivity index is 1.94. The molecule has 24 heavy (non-hydrogen) atoms. The molecule has 0 heterocycles. The average Bonchev–Trinajstić information content (AvgIpc) is 2.56. The summed E-state index contributed by atoms with van der Waals surface area (Å²) in [6.45, 7) is 3.82. The Hall–Kier alpha value is -2.04. The number of benzene rings is 2. The molecular formula is C18H18Cl2N2O2. The van der Waals surface area contributed by atoms with Crippen molar-refractivity contribution in [3.8, 4) is 5.75 Å². The lowest BCUT2D eigenvalue weighted by molar-refractivity contribution is -0.123. The van der Waals surface area contributed by atoms with Crippen LogP contribution in [-0.4, -0.2) is 18.2 Å². The van der Waals surface area contributed by atoms with E-state index in [2.05, 4.69) is 10.5 Å².